The number of rotatable bonds is 6. The van der Waals surface area contributed by atoms with Gasteiger partial charge in [-0.15, -0.1) is 0 Å². The van der Waals surface area contributed by atoms with Crippen molar-refractivity contribution in [2.24, 2.45) is 7.05 Å². The number of hydrogen-bond acceptors (Lipinski definition) is 2. The molecule has 5 heteroatoms. The highest BCUT2D eigenvalue weighted by Crippen LogP contribution is 2.28. The summed E-state index contributed by atoms with van der Waals surface area (Å²) in [6.07, 6.45) is 1.83. The van der Waals surface area contributed by atoms with E-state index in [1.54, 1.807) is 0 Å². The standard InChI is InChI=1S/C16H21BrClN3/c1-4-12-9-13(21(3)20-12)10-16(19-5-2)14-7-6-11(17)8-15(14)18/h6-9,16,19H,4-5,10H2,1-3H3. The molecule has 0 bridgehead atoms. The second-order valence-electron chi connectivity index (χ2n) is 5.08. The number of likely N-dealkylation sites (N-methyl/N-ethyl adjacent to an activating group) is 1. The van der Waals surface area contributed by atoms with Crippen molar-refractivity contribution in [2.75, 3.05) is 6.54 Å². The first-order chi connectivity index (χ1) is 10.0. The largest absolute Gasteiger partial charge is 0.310 e. The van der Waals surface area contributed by atoms with Crippen LogP contribution in [0.3, 0.4) is 0 Å². The minimum Gasteiger partial charge on any atom is -0.310 e. The number of aryl methyl sites for hydroxylation is 2. The van der Waals surface area contributed by atoms with Crippen LogP contribution >= 0.6 is 27.5 Å². The topological polar surface area (TPSA) is 29.9 Å². The highest BCUT2D eigenvalue weighted by molar-refractivity contribution is 9.10. The molecule has 0 saturated carbocycles. The molecule has 0 aliphatic rings. The predicted octanol–water partition coefficient (Wildman–Crippen LogP) is 4.29. The van der Waals surface area contributed by atoms with Crippen molar-refractivity contribution < 1.29 is 0 Å². The molecule has 114 valence electrons. The second kappa shape index (κ2) is 7.43. The van der Waals surface area contributed by atoms with Crippen LogP contribution in [0.25, 0.3) is 0 Å². The van der Waals surface area contributed by atoms with E-state index in [0.29, 0.717) is 0 Å². The molecule has 0 radical (unpaired) electrons. The molecule has 1 heterocycles. The summed E-state index contributed by atoms with van der Waals surface area (Å²) in [6, 6.07) is 8.43. The van der Waals surface area contributed by atoms with E-state index in [9.17, 15) is 0 Å². The molecule has 1 aromatic heterocycles. The van der Waals surface area contributed by atoms with Crippen molar-refractivity contribution in [3.63, 3.8) is 0 Å². The van der Waals surface area contributed by atoms with Gasteiger partial charge in [-0.3, -0.25) is 4.68 Å². The Morgan fingerprint density at radius 3 is 2.67 bits per heavy atom. The fraction of sp³-hybridized carbons (Fsp3) is 0.438. The van der Waals surface area contributed by atoms with Crippen molar-refractivity contribution in [3.05, 3.63) is 50.7 Å². The minimum absolute atomic E-state index is 0.190. The average Bonchev–Trinajstić information content (AvgIpc) is 2.79. The Bertz CT molecular complexity index is 610. The Labute approximate surface area is 139 Å². The van der Waals surface area contributed by atoms with Gasteiger partial charge in [0.1, 0.15) is 0 Å². The summed E-state index contributed by atoms with van der Waals surface area (Å²) >= 11 is 9.86. The molecule has 0 fully saturated rings. The van der Waals surface area contributed by atoms with Crippen LogP contribution in [0.4, 0.5) is 0 Å². The summed E-state index contributed by atoms with van der Waals surface area (Å²) in [5.74, 6) is 0. The number of aromatic nitrogens is 2. The SMILES string of the molecule is CCNC(Cc1cc(CC)nn1C)c1ccc(Br)cc1Cl. The number of nitrogens with zero attached hydrogens (tertiary/aromatic N) is 2. The molecular weight excluding hydrogens is 350 g/mol. The summed E-state index contributed by atoms with van der Waals surface area (Å²) in [6.45, 7) is 5.13. The van der Waals surface area contributed by atoms with E-state index in [4.69, 9.17) is 11.6 Å². The molecule has 0 spiro atoms. The number of benzene rings is 1. The van der Waals surface area contributed by atoms with Gasteiger partial charge in [0.2, 0.25) is 0 Å². The zero-order valence-electron chi connectivity index (χ0n) is 12.7. The van der Waals surface area contributed by atoms with Crippen molar-refractivity contribution in [1.82, 2.24) is 15.1 Å². The van der Waals surface area contributed by atoms with Crippen LogP contribution in [-0.4, -0.2) is 16.3 Å². The molecule has 1 atom stereocenters. The summed E-state index contributed by atoms with van der Waals surface area (Å²) in [7, 11) is 2.00. The van der Waals surface area contributed by atoms with Gasteiger partial charge in [-0.05, 0) is 36.7 Å². The number of nitrogens with one attached hydrogen (secondary N) is 1. The van der Waals surface area contributed by atoms with Crippen LogP contribution in [0.1, 0.15) is 36.8 Å². The van der Waals surface area contributed by atoms with Gasteiger partial charge in [0.25, 0.3) is 0 Å². The lowest BCUT2D eigenvalue weighted by molar-refractivity contribution is 0.528. The molecule has 1 N–H and O–H groups in total. The molecule has 0 amide bonds. The maximum atomic E-state index is 6.41. The van der Waals surface area contributed by atoms with Crippen LogP contribution in [0.5, 0.6) is 0 Å². The number of halogens is 2. The normalized spacial score (nSPS) is 12.6. The van der Waals surface area contributed by atoms with Crippen LogP contribution in [0.15, 0.2) is 28.7 Å². The van der Waals surface area contributed by atoms with Gasteiger partial charge in [-0.2, -0.15) is 5.10 Å². The van der Waals surface area contributed by atoms with Gasteiger partial charge >= 0.3 is 0 Å². The Balaban J connectivity index is 2.28. The fourth-order valence-electron chi connectivity index (χ4n) is 2.47. The molecule has 0 aliphatic heterocycles. The first-order valence-electron chi connectivity index (χ1n) is 7.25. The van der Waals surface area contributed by atoms with E-state index < -0.39 is 0 Å². The van der Waals surface area contributed by atoms with E-state index in [1.165, 1.54) is 5.69 Å². The summed E-state index contributed by atoms with van der Waals surface area (Å²) in [5.41, 5.74) is 3.47. The second-order valence-corrected chi connectivity index (χ2v) is 6.41. The zero-order valence-corrected chi connectivity index (χ0v) is 15.0. The first kappa shape index (κ1) is 16.5. The monoisotopic (exact) mass is 369 g/mol. The Morgan fingerprint density at radius 1 is 1.33 bits per heavy atom. The van der Waals surface area contributed by atoms with Crippen LogP contribution in [-0.2, 0) is 19.9 Å². The molecule has 1 aromatic carbocycles. The lowest BCUT2D eigenvalue weighted by Crippen LogP contribution is -2.24. The van der Waals surface area contributed by atoms with Crippen molar-refractivity contribution in [2.45, 2.75) is 32.7 Å². The molecule has 3 nitrogen and oxygen atoms in total. The van der Waals surface area contributed by atoms with Gasteiger partial charge in [0.15, 0.2) is 0 Å². The van der Waals surface area contributed by atoms with Crippen molar-refractivity contribution in [1.29, 1.82) is 0 Å². The first-order valence-corrected chi connectivity index (χ1v) is 8.42. The van der Waals surface area contributed by atoms with Crippen LogP contribution in [0.2, 0.25) is 5.02 Å². The predicted molar refractivity (Wildman–Crippen MR) is 91.9 cm³/mol. The minimum atomic E-state index is 0.190. The van der Waals surface area contributed by atoms with Gasteiger partial charge in [0.05, 0.1) is 5.69 Å². The van der Waals surface area contributed by atoms with Gasteiger partial charge in [-0.25, -0.2) is 0 Å². The lowest BCUT2D eigenvalue weighted by atomic mass is 10.0. The smallest absolute Gasteiger partial charge is 0.0624 e. The van der Waals surface area contributed by atoms with Crippen LogP contribution in [0, 0.1) is 0 Å². The van der Waals surface area contributed by atoms with E-state index in [-0.39, 0.29) is 6.04 Å². The Morgan fingerprint density at radius 2 is 2.10 bits per heavy atom. The zero-order chi connectivity index (χ0) is 15.4. The molecule has 0 aliphatic carbocycles. The highest BCUT2D eigenvalue weighted by atomic mass is 79.9. The van der Waals surface area contributed by atoms with E-state index in [1.807, 2.05) is 23.9 Å². The fourth-order valence-corrected chi connectivity index (χ4v) is 3.27. The Hall–Kier alpha value is -0.840. The van der Waals surface area contributed by atoms with E-state index in [2.05, 4.69) is 52.3 Å². The molecular formula is C16H21BrClN3. The average molecular weight is 371 g/mol. The van der Waals surface area contributed by atoms with Gasteiger partial charge in [-0.1, -0.05) is 47.4 Å². The molecule has 2 aromatic rings. The lowest BCUT2D eigenvalue weighted by Gasteiger charge is -2.20. The van der Waals surface area contributed by atoms with Crippen molar-refractivity contribution in [3.8, 4) is 0 Å². The van der Waals surface area contributed by atoms with E-state index >= 15 is 0 Å². The summed E-state index contributed by atoms with van der Waals surface area (Å²) in [4.78, 5) is 0. The van der Waals surface area contributed by atoms with Gasteiger partial charge in [0, 0.05) is 34.7 Å². The quantitative estimate of drug-likeness (QED) is 0.822. The molecule has 0 saturated heterocycles. The third-order valence-electron chi connectivity index (χ3n) is 3.59. The Kier molecular flexibility index (Phi) is 5.85. The third kappa shape index (κ3) is 4.09. The summed E-state index contributed by atoms with van der Waals surface area (Å²) in [5, 5.41) is 8.83. The molecule has 1 unspecified atom stereocenters. The number of hydrogen-bond donors (Lipinski definition) is 1. The molecule has 2 rings (SSSR count). The third-order valence-corrected chi connectivity index (χ3v) is 4.41. The van der Waals surface area contributed by atoms with E-state index in [0.717, 1.165) is 40.1 Å². The van der Waals surface area contributed by atoms with Gasteiger partial charge < -0.3 is 5.32 Å². The highest BCUT2D eigenvalue weighted by Gasteiger charge is 2.17. The molecule has 21 heavy (non-hydrogen) atoms. The van der Waals surface area contributed by atoms with Crippen molar-refractivity contribution >= 4 is 27.5 Å². The van der Waals surface area contributed by atoms with Crippen LogP contribution < -0.4 is 5.32 Å². The maximum absolute atomic E-state index is 6.41. The maximum Gasteiger partial charge on any atom is 0.0624 e. The summed E-state index contributed by atoms with van der Waals surface area (Å²) < 4.78 is 2.97.